The lowest BCUT2D eigenvalue weighted by molar-refractivity contribution is 0.659. The number of rotatable bonds is 2. The number of nitrogens with zero attached hydrogens (tertiary/aromatic N) is 4. The summed E-state index contributed by atoms with van der Waals surface area (Å²) in [6.07, 6.45) is 3.32. The predicted octanol–water partition coefficient (Wildman–Crippen LogP) is 2.79. The minimum Gasteiger partial charge on any atom is -0.383 e. The van der Waals surface area contributed by atoms with Crippen LogP contribution in [0.15, 0.2) is 12.4 Å². The first-order chi connectivity index (χ1) is 9.04. The normalized spacial score (nSPS) is 11.3. The first-order valence-corrected chi connectivity index (χ1v) is 6.94. The molecule has 0 radical (unpaired) electrons. The van der Waals surface area contributed by atoms with Gasteiger partial charge in [0.25, 0.3) is 0 Å². The summed E-state index contributed by atoms with van der Waals surface area (Å²) in [5.41, 5.74) is 7.19. The van der Waals surface area contributed by atoms with Gasteiger partial charge in [-0.1, -0.05) is 11.6 Å². The second-order valence-corrected chi connectivity index (χ2v) is 5.98. The zero-order valence-electron chi connectivity index (χ0n) is 10.5. The van der Waals surface area contributed by atoms with Crippen molar-refractivity contribution in [3.63, 3.8) is 0 Å². The summed E-state index contributed by atoms with van der Waals surface area (Å²) in [4.78, 5) is 11.0. The van der Waals surface area contributed by atoms with Gasteiger partial charge in [0.1, 0.15) is 17.2 Å². The van der Waals surface area contributed by atoms with Crippen molar-refractivity contribution in [2.45, 2.75) is 20.4 Å². The third-order valence-electron chi connectivity index (χ3n) is 3.01. The van der Waals surface area contributed by atoms with E-state index >= 15 is 0 Å². The molecule has 7 heteroatoms. The van der Waals surface area contributed by atoms with Gasteiger partial charge in [-0.05, 0) is 19.4 Å². The maximum absolute atomic E-state index is 6.03. The third kappa shape index (κ3) is 2.17. The lowest BCUT2D eigenvalue weighted by Crippen LogP contribution is -2.06. The lowest BCUT2D eigenvalue weighted by atomic mass is 10.2. The fourth-order valence-corrected chi connectivity index (χ4v) is 3.18. The average Bonchev–Trinajstić information content (AvgIpc) is 2.85. The predicted molar refractivity (Wildman–Crippen MR) is 77.6 cm³/mol. The number of hydrogen-bond acceptors (Lipinski definition) is 5. The molecule has 5 nitrogen and oxygen atoms in total. The summed E-state index contributed by atoms with van der Waals surface area (Å²) in [7, 11) is 0. The Morgan fingerprint density at radius 3 is 2.84 bits per heavy atom. The number of thiophene rings is 1. The van der Waals surface area contributed by atoms with Crippen LogP contribution in [0.25, 0.3) is 10.2 Å². The van der Waals surface area contributed by atoms with Crippen LogP contribution in [0, 0.1) is 13.8 Å². The summed E-state index contributed by atoms with van der Waals surface area (Å²) in [5, 5.41) is 5.67. The zero-order chi connectivity index (χ0) is 13.6. The Balaban J connectivity index is 2.06. The molecule has 0 saturated heterocycles. The fourth-order valence-electron chi connectivity index (χ4n) is 1.97. The van der Waals surface area contributed by atoms with Crippen LogP contribution in [0.5, 0.6) is 0 Å². The number of fused-ring (bicyclic) bond motifs is 1. The number of hydrogen-bond donors (Lipinski definition) is 1. The number of halogens is 1. The van der Waals surface area contributed by atoms with E-state index < -0.39 is 0 Å². The summed E-state index contributed by atoms with van der Waals surface area (Å²) < 4.78 is 1.69. The maximum Gasteiger partial charge on any atom is 0.153 e. The highest BCUT2D eigenvalue weighted by atomic mass is 35.5. The van der Waals surface area contributed by atoms with Crippen LogP contribution >= 0.6 is 22.9 Å². The molecule has 0 aliphatic rings. The van der Waals surface area contributed by atoms with E-state index in [1.165, 1.54) is 4.88 Å². The van der Waals surface area contributed by atoms with E-state index in [1.54, 1.807) is 28.4 Å². The summed E-state index contributed by atoms with van der Waals surface area (Å²) in [6.45, 7) is 4.57. The van der Waals surface area contributed by atoms with Gasteiger partial charge in [-0.25, -0.2) is 9.97 Å². The maximum atomic E-state index is 6.03. The Kier molecular flexibility index (Phi) is 2.91. The molecule has 0 aromatic carbocycles. The summed E-state index contributed by atoms with van der Waals surface area (Å²) in [6, 6.07) is 0. The van der Waals surface area contributed by atoms with Crippen molar-refractivity contribution < 1.29 is 0 Å². The molecule has 0 spiro atoms. The highest BCUT2D eigenvalue weighted by molar-refractivity contribution is 7.18. The fraction of sp³-hybridized carbons (Fsp3) is 0.250. The van der Waals surface area contributed by atoms with Crippen molar-refractivity contribution in [2.24, 2.45) is 0 Å². The molecule has 0 amide bonds. The third-order valence-corrected chi connectivity index (χ3v) is 4.30. The Hall–Kier alpha value is -1.66. The van der Waals surface area contributed by atoms with Crippen LogP contribution in [0.3, 0.4) is 0 Å². The molecule has 0 bridgehead atoms. The number of aromatic nitrogens is 4. The van der Waals surface area contributed by atoms with Gasteiger partial charge in [0.05, 0.1) is 16.6 Å². The van der Waals surface area contributed by atoms with Crippen LogP contribution in [0.2, 0.25) is 5.02 Å². The molecule has 0 atom stereocenters. The Labute approximate surface area is 119 Å². The van der Waals surface area contributed by atoms with Crippen molar-refractivity contribution >= 4 is 39.0 Å². The Morgan fingerprint density at radius 1 is 1.37 bits per heavy atom. The van der Waals surface area contributed by atoms with Crippen molar-refractivity contribution in [2.75, 3.05) is 5.73 Å². The molecule has 19 heavy (non-hydrogen) atoms. The molecule has 0 aliphatic heterocycles. The van der Waals surface area contributed by atoms with Crippen LogP contribution < -0.4 is 5.73 Å². The lowest BCUT2D eigenvalue weighted by Gasteiger charge is -2.03. The largest absolute Gasteiger partial charge is 0.383 e. The molecule has 3 heterocycles. The minimum absolute atomic E-state index is 0.461. The van der Waals surface area contributed by atoms with E-state index in [-0.39, 0.29) is 0 Å². The summed E-state index contributed by atoms with van der Waals surface area (Å²) >= 11 is 7.47. The first kappa shape index (κ1) is 12.4. The van der Waals surface area contributed by atoms with Gasteiger partial charge < -0.3 is 5.73 Å². The van der Waals surface area contributed by atoms with Gasteiger partial charge in [-0.3, -0.25) is 4.68 Å². The quantitative estimate of drug-likeness (QED) is 0.789. The van der Waals surface area contributed by atoms with Gasteiger partial charge >= 0.3 is 0 Å². The molecule has 3 aromatic heterocycles. The topological polar surface area (TPSA) is 69.6 Å². The molecule has 3 aromatic rings. The van der Waals surface area contributed by atoms with Gasteiger partial charge in [0.15, 0.2) is 5.82 Å². The molecule has 0 saturated carbocycles. The molecule has 2 N–H and O–H groups in total. The monoisotopic (exact) mass is 293 g/mol. The Morgan fingerprint density at radius 2 is 2.16 bits per heavy atom. The average molecular weight is 294 g/mol. The van der Waals surface area contributed by atoms with Crippen molar-refractivity contribution in [3.8, 4) is 0 Å². The van der Waals surface area contributed by atoms with Crippen LogP contribution in [-0.4, -0.2) is 19.7 Å². The highest BCUT2D eigenvalue weighted by Crippen LogP contribution is 2.31. The first-order valence-electron chi connectivity index (χ1n) is 5.74. The second kappa shape index (κ2) is 4.47. The smallest absolute Gasteiger partial charge is 0.153 e. The second-order valence-electron chi connectivity index (χ2n) is 4.34. The number of nitrogen functional groups attached to an aromatic ring is 1. The molecule has 0 aliphatic carbocycles. The molecule has 0 fully saturated rings. The standard InChI is InChI=1S/C12H12ClN5S/c1-6-7(2)19-12-10(6)11(14)16-9(17-12)5-18-4-8(13)3-15-18/h3-4H,5H2,1-2H3,(H2,14,16,17). The van der Waals surface area contributed by atoms with Crippen molar-refractivity contribution in [3.05, 3.63) is 33.7 Å². The molecular formula is C12H12ClN5S. The van der Waals surface area contributed by atoms with E-state index in [1.807, 2.05) is 6.92 Å². The van der Waals surface area contributed by atoms with E-state index in [9.17, 15) is 0 Å². The number of aryl methyl sites for hydroxylation is 2. The van der Waals surface area contributed by atoms with Crippen LogP contribution in [0.1, 0.15) is 16.3 Å². The van der Waals surface area contributed by atoms with E-state index in [2.05, 4.69) is 22.0 Å². The van der Waals surface area contributed by atoms with Crippen molar-refractivity contribution in [1.29, 1.82) is 0 Å². The van der Waals surface area contributed by atoms with E-state index in [0.29, 0.717) is 23.2 Å². The van der Waals surface area contributed by atoms with Gasteiger partial charge in [-0.2, -0.15) is 5.10 Å². The van der Waals surface area contributed by atoms with Crippen LogP contribution in [-0.2, 0) is 6.54 Å². The SMILES string of the molecule is Cc1sc2nc(Cn3cc(Cl)cn3)nc(N)c2c1C. The number of nitrogens with two attached hydrogens (primary N) is 1. The van der Waals surface area contributed by atoms with E-state index in [0.717, 1.165) is 15.8 Å². The van der Waals surface area contributed by atoms with Crippen molar-refractivity contribution in [1.82, 2.24) is 19.7 Å². The minimum atomic E-state index is 0.461. The number of anilines is 1. The zero-order valence-corrected chi connectivity index (χ0v) is 12.1. The van der Waals surface area contributed by atoms with Gasteiger partial charge in [-0.15, -0.1) is 11.3 Å². The van der Waals surface area contributed by atoms with Gasteiger partial charge in [0.2, 0.25) is 0 Å². The highest BCUT2D eigenvalue weighted by Gasteiger charge is 2.13. The van der Waals surface area contributed by atoms with Gasteiger partial charge in [0, 0.05) is 11.1 Å². The molecular weight excluding hydrogens is 282 g/mol. The molecule has 3 rings (SSSR count). The molecule has 0 unspecified atom stereocenters. The van der Waals surface area contributed by atoms with E-state index in [4.69, 9.17) is 17.3 Å². The Bertz CT molecular complexity index is 761. The van der Waals surface area contributed by atoms with Crippen LogP contribution in [0.4, 0.5) is 5.82 Å². The molecule has 98 valence electrons. The summed E-state index contributed by atoms with van der Waals surface area (Å²) in [5.74, 6) is 1.17.